The second kappa shape index (κ2) is 5.85. The van der Waals surface area contributed by atoms with Crippen molar-refractivity contribution in [3.05, 3.63) is 29.3 Å². The summed E-state index contributed by atoms with van der Waals surface area (Å²) < 4.78 is 0. The maximum Gasteiger partial charge on any atom is 0.323 e. The van der Waals surface area contributed by atoms with Crippen molar-refractivity contribution in [2.75, 3.05) is 13.1 Å². The smallest absolute Gasteiger partial charge is 0.323 e. The Balaban J connectivity index is 3.00. The van der Waals surface area contributed by atoms with E-state index in [1.165, 1.54) is 18.2 Å². The molecule has 0 aliphatic carbocycles. The molecular weight excluding hydrogens is 252 g/mol. The van der Waals surface area contributed by atoms with Gasteiger partial charge in [-0.1, -0.05) is 0 Å². The number of aliphatic carboxylic acids is 1. The van der Waals surface area contributed by atoms with E-state index >= 15 is 0 Å². The lowest BCUT2D eigenvalue weighted by Crippen LogP contribution is -2.41. The van der Waals surface area contributed by atoms with Crippen LogP contribution in [0, 0.1) is 6.92 Å². The fourth-order valence-corrected chi connectivity index (χ4v) is 1.52. The van der Waals surface area contributed by atoms with E-state index in [1.807, 2.05) is 0 Å². The Morgan fingerprint density at radius 1 is 1.26 bits per heavy atom. The van der Waals surface area contributed by atoms with Gasteiger partial charge < -0.3 is 20.8 Å². The molecule has 0 spiro atoms. The molecule has 1 aromatic carbocycles. The van der Waals surface area contributed by atoms with Crippen molar-refractivity contribution in [2.45, 2.75) is 6.92 Å². The minimum atomic E-state index is -1.25. The van der Waals surface area contributed by atoms with Crippen LogP contribution in [0.3, 0.4) is 0 Å². The highest BCUT2D eigenvalue weighted by atomic mass is 16.4. The Labute approximate surface area is 109 Å². The van der Waals surface area contributed by atoms with Gasteiger partial charge in [0, 0.05) is 5.56 Å². The number of carbonyl (C=O) groups is 3. The number of carboxylic acid groups (broad SMARTS) is 1. The third kappa shape index (κ3) is 3.98. The molecule has 0 aliphatic heterocycles. The molecule has 0 saturated carbocycles. The number of carbonyl (C=O) groups excluding carboxylic acids is 2. The third-order valence-electron chi connectivity index (χ3n) is 2.40. The van der Waals surface area contributed by atoms with Crippen LogP contribution in [0.15, 0.2) is 18.2 Å². The summed E-state index contributed by atoms with van der Waals surface area (Å²) in [5.41, 5.74) is 5.62. The van der Waals surface area contributed by atoms with Crippen LogP contribution < -0.4 is 5.73 Å². The number of nitrogens with two attached hydrogens (primary N) is 1. The molecule has 4 N–H and O–H groups in total. The number of aryl methyl sites for hydroxylation is 1. The van der Waals surface area contributed by atoms with Crippen LogP contribution in [-0.2, 0) is 9.59 Å². The summed E-state index contributed by atoms with van der Waals surface area (Å²) in [6.45, 7) is 0.495. The van der Waals surface area contributed by atoms with E-state index < -0.39 is 30.9 Å². The number of hydrogen-bond donors (Lipinski definition) is 3. The average Bonchev–Trinajstić information content (AvgIpc) is 2.29. The summed E-state index contributed by atoms with van der Waals surface area (Å²) >= 11 is 0. The minimum Gasteiger partial charge on any atom is -0.508 e. The standard InChI is InChI=1S/C12H14N2O5/c1-7-4-8(2-3-9(7)15)12(19)14(5-10(13)16)6-11(17)18/h2-4,15H,5-6H2,1H3,(H2,13,16)(H,17,18). The Bertz CT molecular complexity index is 511. The molecule has 0 atom stereocenters. The molecule has 0 saturated heterocycles. The summed E-state index contributed by atoms with van der Waals surface area (Å²) in [7, 11) is 0. The Hall–Kier alpha value is -2.57. The highest BCUT2D eigenvalue weighted by molar-refractivity contribution is 5.98. The van der Waals surface area contributed by atoms with Crippen LogP contribution in [0.2, 0.25) is 0 Å². The number of benzene rings is 1. The van der Waals surface area contributed by atoms with Crippen LogP contribution in [0.4, 0.5) is 0 Å². The normalized spacial score (nSPS) is 9.95. The fourth-order valence-electron chi connectivity index (χ4n) is 1.52. The van der Waals surface area contributed by atoms with Gasteiger partial charge in [-0.05, 0) is 30.7 Å². The largest absolute Gasteiger partial charge is 0.508 e. The van der Waals surface area contributed by atoms with Crippen molar-refractivity contribution in [3.8, 4) is 5.75 Å². The van der Waals surface area contributed by atoms with Crippen molar-refractivity contribution in [3.63, 3.8) is 0 Å². The second-order valence-corrected chi connectivity index (χ2v) is 4.02. The third-order valence-corrected chi connectivity index (χ3v) is 2.40. The predicted octanol–water partition coefficient (Wildman–Crippen LogP) is -0.287. The van der Waals surface area contributed by atoms with Gasteiger partial charge >= 0.3 is 5.97 Å². The van der Waals surface area contributed by atoms with E-state index in [1.54, 1.807) is 6.92 Å². The van der Waals surface area contributed by atoms with Crippen molar-refractivity contribution < 1.29 is 24.6 Å². The number of phenolic OH excluding ortho intramolecular Hbond substituents is 1. The number of amides is 2. The van der Waals surface area contributed by atoms with Gasteiger partial charge in [0.2, 0.25) is 5.91 Å². The number of phenols is 1. The predicted molar refractivity (Wildman–Crippen MR) is 65.6 cm³/mol. The molecule has 0 unspecified atom stereocenters. The SMILES string of the molecule is Cc1cc(C(=O)N(CC(N)=O)CC(=O)O)ccc1O. The van der Waals surface area contributed by atoms with Gasteiger partial charge in [0.05, 0.1) is 0 Å². The first kappa shape index (κ1) is 14.5. The molecule has 7 heteroatoms. The van der Waals surface area contributed by atoms with Gasteiger partial charge in [0.1, 0.15) is 18.8 Å². The van der Waals surface area contributed by atoms with E-state index in [-0.39, 0.29) is 11.3 Å². The zero-order valence-electron chi connectivity index (χ0n) is 10.3. The maximum atomic E-state index is 12.1. The number of nitrogens with zero attached hydrogens (tertiary/aromatic N) is 1. The first-order valence-electron chi connectivity index (χ1n) is 5.40. The number of hydrogen-bond acceptors (Lipinski definition) is 4. The molecule has 0 aromatic heterocycles. The number of primary amides is 1. The lowest BCUT2D eigenvalue weighted by Gasteiger charge is -2.19. The van der Waals surface area contributed by atoms with Crippen LogP contribution in [0.1, 0.15) is 15.9 Å². The molecule has 0 radical (unpaired) electrons. The molecule has 1 rings (SSSR count). The van der Waals surface area contributed by atoms with Gasteiger partial charge in [-0.2, -0.15) is 0 Å². The van der Waals surface area contributed by atoms with Crippen molar-refractivity contribution >= 4 is 17.8 Å². The summed E-state index contributed by atoms with van der Waals surface area (Å²) in [5, 5.41) is 18.1. The first-order valence-corrected chi connectivity index (χ1v) is 5.40. The van der Waals surface area contributed by atoms with E-state index in [4.69, 9.17) is 10.8 Å². The monoisotopic (exact) mass is 266 g/mol. The summed E-state index contributed by atoms with van der Waals surface area (Å²) in [5.74, 6) is -2.66. The minimum absolute atomic E-state index is 0.0243. The Morgan fingerprint density at radius 3 is 2.37 bits per heavy atom. The first-order chi connectivity index (χ1) is 8.81. The van der Waals surface area contributed by atoms with Crippen molar-refractivity contribution in [1.29, 1.82) is 0 Å². The van der Waals surface area contributed by atoms with E-state index in [0.717, 1.165) is 4.90 Å². The zero-order chi connectivity index (χ0) is 14.6. The van der Waals surface area contributed by atoms with Gasteiger partial charge in [-0.25, -0.2) is 0 Å². The Kier molecular flexibility index (Phi) is 4.46. The molecule has 0 heterocycles. The zero-order valence-corrected chi connectivity index (χ0v) is 10.3. The number of carboxylic acids is 1. The van der Waals surface area contributed by atoms with Crippen LogP contribution in [-0.4, -0.2) is 46.0 Å². The lowest BCUT2D eigenvalue weighted by atomic mass is 10.1. The highest BCUT2D eigenvalue weighted by Gasteiger charge is 2.20. The van der Waals surface area contributed by atoms with Crippen LogP contribution in [0.25, 0.3) is 0 Å². The van der Waals surface area contributed by atoms with Crippen LogP contribution in [0.5, 0.6) is 5.75 Å². The summed E-state index contributed by atoms with van der Waals surface area (Å²) in [6, 6.07) is 4.08. The summed E-state index contributed by atoms with van der Waals surface area (Å²) in [6.07, 6.45) is 0. The molecule has 0 bridgehead atoms. The van der Waals surface area contributed by atoms with Gasteiger partial charge in [0.15, 0.2) is 0 Å². The molecule has 102 valence electrons. The molecule has 2 amide bonds. The second-order valence-electron chi connectivity index (χ2n) is 4.02. The lowest BCUT2D eigenvalue weighted by molar-refractivity contribution is -0.138. The number of rotatable bonds is 5. The van der Waals surface area contributed by atoms with Gasteiger partial charge in [-0.15, -0.1) is 0 Å². The molecule has 0 aliphatic rings. The maximum absolute atomic E-state index is 12.1. The molecule has 0 fully saturated rings. The number of aromatic hydroxyl groups is 1. The molecule has 19 heavy (non-hydrogen) atoms. The van der Waals surface area contributed by atoms with E-state index in [9.17, 15) is 19.5 Å². The van der Waals surface area contributed by atoms with Gasteiger partial charge in [0.25, 0.3) is 5.91 Å². The molecule has 7 nitrogen and oxygen atoms in total. The van der Waals surface area contributed by atoms with Crippen LogP contribution >= 0.6 is 0 Å². The fraction of sp³-hybridized carbons (Fsp3) is 0.250. The quantitative estimate of drug-likeness (QED) is 0.676. The topological polar surface area (TPSA) is 121 Å². The van der Waals surface area contributed by atoms with E-state index in [0.29, 0.717) is 5.56 Å². The summed E-state index contributed by atoms with van der Waals surface area (Å²) in [4.78, 5) is 34.4. The van der Waals surface area contributed by atoms with E-state index in [2.05, 4.69) is 0 Å². The average molecular weight is 266 g/mol. The molecule has 1 aromatic rings. The molecular formula is C12H14N2O5. The van der Waals surface area contributed by atoms with Crippen molar-refractivity contribution in [2.24, 2.45) is 5.73 Å². The highest BCUT2D eigenvalue weighted by Crippen LogP contribution is 2.18. The van der Waals surface area contributed by atoms with Gasteiger partial charge in [-0.3, -0.25) is 14.4 Å². The Morgan fingerprint density at radius 2 is 1.89 bits per heavy atom. The van der Waals surface area contributed by atoms with Crippen molar-refractivity contribution in [1.82, 2.24) is 4.90 Å².